The van der Waals surface area contributed by atoms with Crippen molar-refractivity contribution in [2.45, 2.75) is 149 Å². The Balaban J connectivity index is 0.000000459. The number of amides is 2. The van der Waals surface area contributed by atoms with E-state index in [1.165, 1.54) is 33.9 Å². The monoisotopic (exact) mass is 982 g/mol. The maximum absolute atomic E-state index is 12.6. The van der Waals surface area contributed by atoms with Gasteiger partial charge in [-0.1, -0.05) is 60.1 Å². The molecule has 2 aromatic heterocycles. The standard InChI is InChI=1S/C16H20N2O6.C12H22N2OSi2.C11H18O5.CHF3O3S/c1-4-12-13(22-9(2)19)14(23-10(3)20)16(24-12)18-7-5-6-11(8-18)15(17)21;1-16(2,3)14(17(4,5)6)12(15)11-8-7-9-13-10-11;1-5-9-6(2)10(14-7(3)12)11(16-9)15-8(4)13;2-1(3,4)8(5,6)7/h5-8,12-14,16H,4H2,1-3H3,(H-,17,21);7-10H,1-6H3;6,9-11H,5H2,1-4H3;(H,5,6,7)/t12-,13+,14?,16-;;6-,9+,10?,11+;/m1.0./s1. The lowest BCUT2D eigenvalue weighted by Crippen LogP contribution is -2.61. The fourth-order valence-electron chi connectivity index (χ4n) is 6.87. The van der Waals surface area contributed by atoms with Gasteiger partial charge in [0, 0.05) is 52.1 Å². The first-order valence-electron chi connectivity index (χ1n) is 20.2. The van der Waals surface area contributed by atoms with Gasteiger partial charge in [0.15, 0.2) is 34.7 Å². The van der Waals surface area contributed by atoms with Crippen LogP contribution < -0.4 is 10.3 Å². The molecule has 0 saturated carbocycles. The summed E-state index contributed by atoms with van der Waals surface area (Å²) in [4.78, 5) is 72.7. The highest BCUT2D eigenvalue weighted by atomic mass is 32.2. The third kappa shape index (κ3) is 18.5. The molecule has 0 aromatic carbocycles. The maximum Gasteiger partial charge on any atom is 0.485 e. The number of pyridine rings is 2. The van der Waals surface area contributed by atoms with Gasteiger partial charge in [0.1, 0.15) is 28.1 Å². The molecule has 366 valence electrons. The predicted octanol–water partition coefficient (Wildman–Crippen LogP) is 4.74. The fourth-order valence-corrected chi connectivity index (χ4v) is 16.4. The molecule has 8 atom stereocenters. The van der Waals surface area contributed by atoms with Gasteiger partial charge in [-0.05, 0) is 31.0 Å². The molecule has 25 heteroatoms. The number of hydrogen-bond donors (Lipinski definition) is 1. The summed E-state index contributed by atoms with van der Waals surface area (Å²) in [6.45, 7) is 24.3. The minimum absolute atomic E-state index is 0.0262. The van der Waals surface area contributed by atoms with E-state index in [0.717, 1.165) is 6.42 Å². The number of primary amides is 1. The van der Waals surface area contributed by atoms with Gasteiger partial charge in [-0.2, -0.15) is 17.7 Å². The maximum atomic E-state index is 12.6. The highest BCUT2D eigenvalue weighted by Crippen LogP contribution is 2.33. The van der Waals surface area contributed by atoms with E-state index in [1.807, 2.05) is 32.9 Å². The van der Waals surface area contributed by atoms with Gasteiger partial charge in [0.2, 0.25) is 18.3 Å². The number of nitrogens with zero attached hydrogens (tertiary/aromatic N) is 3. The third-order valence-electron chi connectivity index (χ3n) is 9.10. The number of halogens is 3. The largest absolute Gasteiger partial charge is 0.741 e. The van der Waals surface area contributed by atoms with Crippen molar-refractivity contribution in [3.8, 4) is 0 Å². The number of esters is 4. The molecule has 65 heavy (non-hydrogen) atoms. The lowest BCUT2D eigenvalue weighted by atomic mass is 9.99. The molecule has 2 unspecified atom stereocenters. The summed E-state index contributed by atoms with van der Waals surface area (Å²) in [5.41, 5.74) is 0.640. The zero-order valence-electron chi connectivity index (χ0n) is 38.7. The Bertz CT molecular complexity index is 2040. The second-order valence-corrected chi connectivity index (χ2v) is 28.0. The van der Waals surface area contributed by atoms with Crippen LogP contribution in [0.2, 0.25) is 39.3 Å². The quantitative estimate of drug-likeness (QED) is 0.0796. The van der Waals surface area contributed by atoms with Crippen molar-refractivity contribution in [2.75, 3.05) is 0 Å². The van der Waals surface area contributed by atoms with Crippen molar-refractivity contribution in [3.05, 3.63) is 60.2 Å². The van der Waals surface area contributed by atoms with Gasteiger partial charge in [0.05, 0.1) is 11.7 Å². The van der Waals surface area contributed by atoms with Crippen molar-refractivity contribution >= 4 is 62.3 Å². The van der Waals surface area contributed by atoms with E-state index in [2.05, 4.69) is 48.5 Å². The van der Waals surface area contributed by atoms with Crippen LogP contribution in [0, 0.1) is 5.92 Å². The molecule has 19 nitrogen and oxygen atoms in total. The van der Waals surface area contributed by atoms with Crippen LogP contribution in [0.3, 0.4) is 0 Å². The average Bonchev–Trinajstić information content (AvgIpc) is 3.64. The molecule has 4 heterocycles. The molecule has 2 amide bonds. The highest BCUT2D eigenvalue weighted by molar-refractivity contribution is 7.86. The van der Waals surface area contributed by atoms with Gasteiger partial charge in [-0.15, -0.1) is 0 Å². The van der Waals surface area contributed by atoms with Crippen molar-refractivity contribution < 1.29 is 87.9 Å². The number of hydrogen-bond acceptors (Lipinski definition) is 16. The van der Waals surface area contributed by atoms with Gasteiger partial charge in [-0.3, -0.25) is 33.8 Å². The summed E-state index contributed by atoms with van der Waals surface area (Å²) in [6, 6.07) is 6.87. The van der Waals surface area contributed by atoms with Gasteiger partial charge >= 0.3 is 35.6 Å². The van der Waals surface area contributed by atoms with E-state index in [1.54, 1.807) is 35.3 Å². The second-order valence-electron chi connectivity index (χ2n) is 16.6. The van der Waals surface area contributed by atoms with Crippen LogP contribution in [0.15, 0.2) is 49.1 Å². The molecule has 2 N–H and O–H groups in total. The third-order valence-corrected chi connectivity index (χ3v) is 16.8. The average molecular weight is 983 g/mol. The highest BCUT2D eigenvalue weighted by Gasteiger charge is 2.53. The first-order valence-corrected chi connectivity index (χ1v) is 28.5. The SMILES string of the molecule is CC[C@H]1O[C@@H](OC(C)=O)C(OC(C)=O)[C@H]1C.CC[C@H]1O[C@@H]([n+]2cccc(C(N)=O)c2)C(OC(C)=O)[C@H]1OC(C)=O.C[Si](C)(C)N(C(=O)c1cccnc1)[Si](C)(C)C.O=S(=O)([O-])C(F)(F)F. The van der Waals surface area contributed by atoms with Crippen LogP contribution in [-0.2, 0) is 57.7 Å². The zero-order chi connectivity index (χ0) is 50.4. The molecular weight excluding hydrogens is 922 g/mol. The normalized spacial score (nSPS) is 22.8. The van der Waals surface area contributed by atoms with E-state index < -0.39 is 98.8 Å². The van der Waals surface area contributed by atoms with Crippen LogP contribution in [0.25, 0.3) is 0 Å². The van der Waals surface area contributed by atoms with Crippen LogP contribution in [0.1, 0.15) is 88.3 Å². The minimum atomic E-state index is -6.09. The lowest BCUT2D eigenvalue weighted by molar-refractivity contribution is -0.765. The summed E-state index contributed by atoms with van der Waals surface area (Å²) in [6.07, 6.45) is 3.81. The van der Waals surface area contributed by atoms with Crippen LogP contribution in [0.5, 0.6) is 0 Å². The van der Waals surface area contributed by atoms with E-state index in [-0.39, 0.29) is 23.5 Å². The number of nitrogens with two attached hydrogens (primary N) is 1. The summed E-state index contributed by atoms with van der Waals surface area (Å²) >= 11 is 0. The Morgan fingerprint density at radius 1 is 0.785 bits per heavy atom. The van der Waals surface area contributed by atoms with Gasteiger partial charge in [-0.25, -0.2) is 8.42 Å². The molecule has 2 saturated heterocycles. The Hall–Kier alpha value is -4.83. The minimum Gasteiger partial charge on any atom is -0.741 e. The number of ether oxygens (including phenoxy) is 6. The number of alkyl halides is 3. The number of carbonyl (C=O) groups excluding carboxylic acids is 6. The molecular formula is C40H61F3N4O15SSi2. The Labute approximate surface area is 379 Å². The number of carbonyl (C=O) groups is 6. The van der Waals surface area contributed by atoms with Crippen LogP contribution in [-0.4, -0.2) is 117 Å². The second kappa shape index (κ2) is 24.6. The Morgan fingerprint density at radius 2 is 1.25 bits per heavy atom. The molecule has 2 aliphatic heterocycles. The Morgan fingerprint density at radius 3 is 1.65 bits per heavy atom. The summed E-state index contributed by atoms with van der Waals surface area (Å²) < 4.78 is 94.9. The van der Waals surface area contributed by atoms with Crippen molar-refractivity contribution in [1.29, 1.82) is 0 Å². The van der Waals surface area contributed by atoms with Crippen LogP contribution >= 0.6 is 0 Å². The van der Waals surface area contributed by atoms with E-state index in [0.29, 0.717) is 12.0 Å². The Kier molecular flexibility index (Phi) is 22.0. The lowest BCUT2D eigenvalue weighted by Gasteiger charge is -2.43. The topological polar surface area (TPSA) is 261 Å². The molecule has 2 aliphatic rings. The van der Waals surface area contributed by atoms with Gasteiger partial charge in [0.25, 0.3) is 5.91 Å². The van der Waals surface area contributed by atoms with Crippen molar-refractivity contribution in [3.63, 3.8) is 0 Å². The van der Waals surface area contributed by atoms with E-state index in [4.69, 9.17) is 47.1 Å². The number of rotatable bonds is 11. The molecule has 0 bridgehead atoms. The number of aromatic nitrogens is 2. The molecule has 0 spiro atoms. The molecule has 2 fully saturated rings. The molecule has 0 radical (unpaired) electrons. The smallest absolute Gasteiger partial charge is 0.485 e. The molecule has 0 aliphatic carbocycles. The van der Waals surface area contributed by atoms with E-state index in [9.17, 15) is 41.9 Å². The first-order chi connectivity index (χ1) is 29.7. The zero-order valence-corrected chi connectivity index (χ0v) is 41.6. The first kappa shape index (κ1) is 58.2. The van der Waals surface area contributed by atoms with Crippen molar-refractivity contribution in [2.24, 2.45) is 11.7 Å². The summed E-state index contributed by atoms with van der Waals surface area (Å²) in [5.74, 6) is -2.25. The molecule has 2 aromatic rings. The predicted molar refractivity (Wildman–Crippen MR) is 229 cm³/mol. The van der Waals surface area contributed by atoms with Crippen LogP contribution in [0.4, 0.5) is 13.2 Å². The van der Waals surface area contributed by atoms with Crippen molar-refractivity contribution in [1.82, 2.24) is 9.22 Å². The van der Waals surface area contributed by atoms with E-state index >= 15 is 0 Å². The van der Waals surface area contributed by atoms with Gasteiger partial charge < -0.3 is 42.9 Å². The fraction of sp³-hybridized carbons (Fsp3) is 0.600. The molecule has 4 rings (SSSR count). The summed E-state index contributed by atoms with van der Waals surface area (Å²) in [5, 5.41) is 0. The summed E-state index contributed by atoms with van der Waals surface area (Å²) in [7, 11) is -9.39.